The zero-order valence-electron chi connectivity index (χ0n) is 17.5. The number of hydrogen-bond acceptors (Lipinski definition) is 7. The summed E-state index contributed by atoms with van der Waals surface area (Å²) in [6.07, 6.45) is 0.930. The normalized spacial score (nSPS) is 12.1. The van der Waals surface area contributed by atoms with E-state index in [0.717, 1.165) is 29.9 Å². The topological polar surface area (TPSA) is 94.1 Å². The summed E-state index contributed by atoms with van der Waals surface area (Å²) in [6, 6.07) is 14.7. The zero-order valence-corrected chi connectivity index (χ0v) is 19.2. The van der Waals surface area contributed by atoms with Crippen molar-refractivity contribution in [3.05, 3.63) is 54.4 Å². The van der Waals surface area contributed by atoms with Gasteiger partial charge in [0.1, 0.15) is 5.82 Å². The molecule has 0 bridgehead atoms. The fourth-order valence-electron chi connectivity index (χ4n) is 3.21. The molecule has 0 fully saturated rings. The quantitative estimate of drug-likeness (QED) is 0.369. The number of nitrogens with zero attached hydrogens (tertiary/aromatic N) is 5. The summed E-state index contributed by atoms with van der Waals surface area (Å²) >= 11 is 1.41. The van der Waals surface area contributed by atoms with Crippen molar-refractivity contribution in [3.63, 3.8) is 0 Å². The van der Waals surface area contributed by atoms with Crippen LogP contribution in [-0.4, -0.2) is 46.6 Å². The number of imidazole rings is 1. The lowest BCUT2D eigenvalue weighted by Crippen LogP contribution is -2.22. The van der Waals surface area contributed by atoms with E-state index < -0.39 is 10.0 Å². The average molecular weight is 458 g/mol. The van der Waals surface area contributed by atoms with E-state index in [2.05, 4.69) is 21.7 Å². The molecule has 2 aromatic carbocycles. The van der Waals surface area contributed by atoms with Crippen molar-refractivity contribution in [2.24, 2.45) is 0 Å². The van der Waals surface area contributed by atoms with E-state index >= 15 is 0 Å². The Hall–Kier alpha value is -2.69. The maximum atomic E-state index is 12.5. The maximum Gasteiger partial charge on any atom is 0.277 e. The molecule has 0 N–H and O–H groups in total. The highest BCUT2D eigenvalue weighted by Gasteiger charge is 2.20. The van der Waals surface area contributed by atoms with Crippen LogP contribution in [0.15, 0.2) is 63.1 Å². The van der Waals surface area contributed by atoms with Crippen LogP contribution in [0, 0.1) is 0 Å². The van der Waals surface area contributed by atoms with Gasteiger partial charge in [0.05, 0.1) is 21.7 Å². The first kappa shape index (κ1) is 21.5. The lowest BCUT2D eigenvalue weighted by Gasteiger charge is -2.11. The Morgan fingerprint density at radius 2 is 1.87 bits per heavy atom. The van der Waals surface area contributed by atoms with Gasteiger partial charge in [-0.2, -0.15) is 0 Å². The van der Waals surface area contributed by atoms with Crippen molar-refractivity contribution in [2.45, 2.75) is 35.8 Å². The van der Waals surface area contributed by atoms with E-state index in [1.165, 1.54) is 30.2 Å². The summed E-state index contributed by atoms with van der Waals surface area (Å²) in [7, 11) is -0.479. The molecule has 2 aromatic heterocycles. The molecule has 10 heteroatoms. The molecule has 0 spiro atoms. The molecule has 8 nitrogen and oxygen atoms in total. The third-order valence-electron chi connectivity index (χ3n) is 4.78. The molecule has 0 atom stereocenters. The number of thioether (sulfide) groups is 1. The fourth-order valence-corrected chi connectivity index (χ4v) is 4.84. The number of sulfonamides is 1. The lowest BCUT2D eigenvalue weighted by molar-refractivity contribution is 0.465. The second kappa shape index (κ2) is 8.81. The predicted octanol–water partition coefficient (Wildman–Crippen LogP) is 4.04. The highest BCUT2D eigenvalue weighted by atomic mass is 32.2. The molecule has 0 unspecified atom stereocenters. The molecule has 0 amide bonds. The number of benzene rings is 2. The van der Waals surface area contributed by atoms with E-state index in [9.17, 15) is 8.42 Å². The van der Waals surface area contributed by atoms with Crippen molar-refractivity contribution in [3.8, 4) is 11.5 Å². The van der Waals surface area contributed by atoms with Crippen LogP contribution in [-0.2, 0) is 22.3 Å². The first-order chi connectivity index (χ1) is 14.9. The Balaban J connectivity index is 1.61. The molecule has 2 heterocycles. The molecule has 162 valence electrons. The molecular weight excluding hydrogens is 434 g/mol. The number of aryl methyl sites for hydroxylation is 1. The lowest BCUT2D eigenvalue weighted by atomic mass is 10.2. The van der Waals surface area contributed by atoms with Gasteiger partial charge in [-0.25, -0.2) is 17.7 Å². The van der Waals surface area contributed by atoms with Crippen LogP contribution >= 0.6 is 11.8 Å². The van der Waals surface area contributed by atoms with Crippen molar-refractivity contribution in [1.29, 1.82) is 0 Å². The van der Waals surface area contributed by atoms with Crippen LogP contribution in [0.25, 0.3) is 22.5 Å². The van der Waals surface area contributed by atoms with Crippen LogP contribution in [0.2, 0.25) is 0 Å². The summed E-state index contributed by atoms with van der Waals surface area (Å²) in [5.74, 6) is 1.84. The van der Waals surface area contributed by atoms with Gasteiger partial charge in [0.2, 0.25) is 15.9 Å². The first-order valence-corrected chi connectivity index (χ1v) is 12.3. The maximum absolute atomic E-state index is 12.5. The summed E-state index contributed by atoms with van der Waals surface area (Å²) in [5.41, 5.74) is 2.43. The zero-order chi connectivity index (χ0) is 22.0. The standard InChI is InChI=1S/C21H23N5O3S2/c1-4-12-26-18-11-10-16(31(27,28)25(2)3)13-17(18)22-19(26)14-30-21-24-23-20(29-21)15-8-6-5-7-9-15/h5-11,13H,4,12,14H2,1-3H3. The largest absolute Gasteiger partial charge is 0.411 e. The number of hydrogen-bond donors (Lipinski definition) is 0. The molecule has 0 saturated carbocycles. The third-order valence-corrected chi connectivity index (χ3v) is 7.40. The average Bonchev–Trinajstić information content (AvgIpc) is 3.37. The number of aromatic nitrogens is 4. The van der Waals surface area contributed by atoms with E-state index in [0.29, 0.717) is 22.4 Å². The molecule has 0 saturated heterocycles. The van der Waals surface area contributed by atoms with Crippen molar-refractivity contribution in [2.75, 3.05) is 14.1 Å². The molecule has 31 heavy (non-hydrogen) atoms. The smallest absolute Gasteiger partial charge is 0.277 e. The Labute approximate surface area is 185 Å². The summed E-state index contributed by atoms with van der Waals surface area (Å²) in [4.78, 5) is 4.95. The minimum Gasteiger partial charge on any atom is -0.411 e. The van der Waals surface area contributed by atoms with Crippen LogP contribution in [0.4, 0.5) is 0 Å². The fraction of sp³-hybridized carbons (Fsp3) is 0.286. The molecule has 4 rings (SSSR count). The SMILES string of the molecule is CCCn1c(CSc2nnc(-c3ccccc3)o2)nc2cc(S(=O)(=O)N(C)C)ccc21. The van der Waals surface area contributed by atoms with Crippen LogP contribution in [0.1, 0.15) is 19.2 Å². The van der Waals surface area contributed by atoms with E-state index in [4.69, 9.17) is 9.40 Å². The highest BCUT2D eigenvalue weighted by molar-refractivity contribution is 7.98. The van der Waals surface area contributed by atoms with Gasteiger partial charge in [-0.15, -0.1) is 10.2 Å². The first-order valence-electron chi connectivity index (χ1n) is 9.83. The predicted molar refractivity (Wildman–Crippen MR) is 120 cm³/mol. The van der Waals surface area contributed by atoms with Crippen LogP contribution in [0.3, 0.4) is 0 Å². The Morgan fingerprint density at radius 1 is 1.10 bits per heavy atom. The summed E-state index contributed by atoms with van der Waals surface area (Å²) in [5, 5.41) is 8.71. The van der Waals surface area contributed by atoms with Crippen LogP contribution in [0.5, 0.6) is 0 Å². The molecule has 0 radical (unpaired) electrons. The Bertz CT molecular complexity index is 1300. The van der Waals surface area contributed by atoms with Crippen LogP contribution < -0.4 is 0 Å². The van der Waals surface area contributed by atoms with Gasteiger partial charge in [-0.1, -0.05) is 36.9 Å². The third kappa shape index (κ3) is 4.36. The van der Waals surface area contributed by atoms with Crippen molar-refractivity contribution >= 4 is 32.8 Å². The number of fused-ring (bicyclic) bond motifs is 1. The van der Waals surface area contributed by atoms with E-state index in [-0.39, 0.29) is 4.90 Å². The molecular formula is C21H23N5O3S2. The van der Waals surface area contributed by atoms with Crippen molar-refractivity contribution < 1.29 is 12.8 Å². The van der Waals surface area contributed by atoms with Crippen molar-refractivity contribution in [1.82, 2.24) is 24.1 Å². The molecule has 0 aliphatic rings. The minimum absolute atomic E-state index is 0.231. The van der Waals surface area contributed by atoms with Gasteiger partial charge in [0, 0.05) is 26.2 Å². The van der Waals surface area contributed by atoms with Gasteiger partial charge in [0.15, 0.2) is 0 Å². The summed E-state index contributed by atoms with van der Waals surface area (Å²) in [6.45, 7) is 2.88. The van der Waals surface area contributed by atoms with Gasteiger partial charge in [-0.3, -0.25) is 0 Å². The Kier molecular flexibility index (Phi) is 6.12. The van der Waals surface area contributed by atoms with Gasteiger partial charge >= 0.3 is 0 Å². The minimum atomic E-state index is -3.52. The van der Waals surface area contributed by atoms with Gasteiger partial charge < -0.3 is 8.98 Å². The van der Waals surface area contributed by atoms with Gasteiger partial charge in [0.25, 0.3) is 5.22 Å². The second-order valence-corrected chi connectivity index (χ2v) is 10.2. The number of rotatable bonds is 8. The highest BCUT2D eigenvalue weighted by Crippen LogP contribution is 2.28. The summed E-state index contributed by atoms with van der Waals surface area (Å²) < 4.78 is 34.1. The Morgan fingerprint density at radius 3 is 2.58 bits per heavy atom. The monoisotopic (exact) mass is 457 g/mol. The molecule has 0 aliphatic heterocycles. The van der Waals surface area contributed by atoms with E-state index in [1.54, 1.807) is 12.1 Å². The van der Waals surface area contributed by atoms with Gasteiger partial charge in [-0.05, 0) is 36.8 Å². The molecule has 0 aliphatic carbocycles. The second-order valence-electron chi connectivity index (χ2n) is 7.15. The van der Waals surface area contributed by atoms with E-state index in [1.807, 2.05) is 36.4 Å². The molecule has 4 aromatic rings.